The zero-order valence-electron chi connectivity index (χ0n) is 14.8. The molecule has 27 heavy (non-hydrogen) atoms. The van der Waals surface area contributed by atoms with Crippen LogP contribution in [0.4, 0.5) is 13.2 Å². The highest BCUT2D eigenvalue weighted by Gasteiger charge is 2.44. The second-order valence-electron chi connectivity index (χ2n) is 6.19. The van der Waals surface area contributed by atoms with Crippen molar-refractivity contribution in [3.8, 4) is 5.75 Å². The summed E-state index contributed by atoms with van der Waals surface area (Å²) in [6, 6.07) is 14.1. The van der Waals surface area contributed by atoms with Crippen molar-refractivity contribution in [1.29, 1.82) is 0 Å². The maximum atomic E-state index is 13.0. The number of rotatable bonds is 6. The van der Waals surface area contributed by atoms with Crippen molar-refractivity contribution in [1.82, 2.24) is 4.90 Å². The van der Waals surface area contributed by atoms with Crippen molar-refractivity contribution in [3.63, 3.8) is 0 Å². The summed E-state index contributed by atoms with van der Waals surface area (Å²) < 4.78 is 42.9. The van der Waals surface area contributed by atoms with E-state index < -0.39 is 18.8 Å². The molecule has 0 aromatic heterocycles. The fraction of sp³-hybridized carbons (Fsp3) is 0.250. The van der Waals surface area contributed by atoms with E-state index >= 15 is 0 Å². The van der Waals surface area contributed by atoms with E-state index in [4.69, 9.17) is 5.73 Å². The summed E-state index contributed by atoms with van der Waals surface area (Å²) in [5.41, 5.74) is 7.43. The summed E-state index contributed by atoms with van der Waals surface area (Å²) >= 11 is 0. The quantitative estimate of drug-likeness (QED) is 0.835. The third-order valence-electron chi connectivity index (χ3n) is 4.70. The van der Waals surface area contributed by atoms with Gasteiger partial charge in [0.05, 0.1) is 12.4 Å². The molecule has 0 fully saturated rings. The molecule has 2 aromatic carbocycles. The molecular weight excluding hydrogens is 355 g/mol. The van der Waals surface area contributed by atoms with Crippen LogP contribution in [-0.2, 0) is 12.0 Å². The van der Waals surface area contributed by atoms with Crippen LogP contribution in [0, 0.1) is 0 Å². The van der Waals surface area contributed by atoms with Crippen LogP contribution in [-0.4, -0.2) is 31.2 Å². The number of ether oxygens (including phenoxy) is 1. The Morgan fingerprint density at radius 1 is 1.19 bits per heavy atom. The van der Waals surface area contributed by atoms with Gasteiger partial charge in [-0.25, -0.2) is 4.99 Å². The van der Waals surface area contributed by atoms with Crippen molar-refractivity contribution in [2.45, 2.75) is 18.6 Å². The smallest absolute Gasteiger partial charge is 0.387 e. The maximum absolute atomic E-state index is 13.0. The van der Waals surface area contributed by atoms with Gasteiger partial charge in [0, 0.05) is 13.5 Å². The van der Waals surface area contributed by atoms with Crippen LogP contribution in [0.15, 0.2) is 65.8 Å². The second kappa shape index (κ2) is 7.34. The Balaban J connectivity index is 2.20. The first-order chi connectivity index (χ1) is 12.9. The maximum Gasteiger partial charge on any atom is 0.387 e. The number of nitrogens with two attached hydrogens (primary N) is 1. The van der Waals surface area contributed by atoms with Gasteiger partial charge in [-0.2, -0.15) is 8.78 Å². The molecule has 0 unspecified atom stereocenters. The summed E-state index contributed by atoms with van der Waals surface area (Å²) in [5.74, 6) is 0.229. The number of benzene rings is 2. The minimum absolute atomic E-state index is 0.0523. The van der Waals surface area contributed by atoms with E-state index in [1.807, 2.05) is 30.3 Å². The number of hydrogen-bond donors (Lipinski definition) is 1. The SMILES string of the molecule is C=C1N(C)C(N)=N[C@]1(c1ccccc1)c1ccc(OC(F)F)c(CCF)c1. The van der Waals surface area contributed by atoms with Crippen molar-refractivity contribution >= 4 is 5.96 Å². The highest BCUT2D eigenvalue weighted by Crippen LogP contribution is 2.45. The highest BCUT2D eigenvalue weighted by atomic mass is 19.3. The topological polar surface area (TPSA) is 50.8 Å². The van der Waals surface area contributed by atoms with E-state index in [9.17, 15) is 13.2 Å². The average Bonchev–Trinajstić information content (AvgIpc) is 2.89. The molecule has 0 spiro atoms. The molecule has 3 rings (SSSR count). The highest BCUT2D eigenvalue weighted by molar-refractivity contribution is 5.85. The molecule has 7 heteroatoms. The summed E-state index contributed by atoms with van der Waals surface area (Å²) in [7, 11) is 1.75. The molecule has 1 aliphatic heterocycles. The van der Waals surface area contributed by atoms with Crippen LogP contribution >= 0.6 is 0 Å². The van der Waals surface area contributed by atoms with Gasteiger partial charge in [0.15, 0.2) is 11.5 Å². The Bertz CT molecular complexity index is 870. The lowest BCUT2D eigenvalue weighted by Crippen LogP contribution is -2.32. The number of alkyl halides is 3. The summed E-state index contributed by atoms with van der Waals surface area (Å²) in [5, 5.41) is 0. The Hall–Kier alpha value is -2.96. The Morgan fingerprint density at radius 2 is 1.89 bits per heavy atom. The summed E-state index contributed by atoms with van der Waals surface area (Å²) in [4.78, 5) is 6.32. The molecule has 1 aliphatic rings. The number of hydrogen-bond acceptors (Lipinski definition) is 4. The molecule has 2 N–H and O–H groups in total. The van der Waals surface area contributed by atoms with E-state index in [0.29, 0.717) is 16.8 Å². The largest absolute Gasteiger partial charge is 0.435 e. The minimum atomic E-state index is -2.99. The van der Waals surface area contributed by atoms with Crippen molar-refractivity contribution < 1.29 is 17.9 Å². The summed E-state index contributed by atoms with van der Waals surface area (Å²) in [6.45, 7) is 0.456. The number of aliphatic imine (C=N–C) groups is 1. The van der Waals surface area contributed by atoms with E-state index in [0.717, 1.165) is 5.56 Å². The van der Waals surface area contributed by atoms with Crippen LogP contribution in [0.25, 0.3) is 0 Å². The Kier molecular flexibility index (Phi) is 5.12. The number of nitrogens with zero attached hydrogens (tertiary/aromatic N) is 2. The first kappa shape index (κ1) is 18.8. The lowest BCUT2D eigenvalue weighted by Gasteiger charge is -2.31. The number of likely N-dealkylation sites (N-methyl/N-ethyl adjacent to an activating group) is 1. The van der Waals surface area contributed by atoms with Gasteiger partial charge in [0.25, 0.3) is 0 Å². The molecule has 4 nitrogen and oxygen atoms in total. The van der Waals surface area contributed by atoms with Gasteiger partial charge in [-0.3, -0.25) is 4.39 Å². The van der Waals surface area contributed by atoms with Gasteiger partial charge in [0.2, 0.25) is 0 Å². The number of guanidine groups is 1. The monoisotopic (exact) mass is 375 g/mol. The van der Waals surface area contributed by atoms with E-state index in [1.165, 1.54) is 6.07 Å². The van der Waals surface area contributed by atoms with Gasteiger partial charge in [-0.05, 0) is 28.8 Å². The first-order valence-corrected chi connectivity index (χ1v) is 8.38. The lowest BCUT2D eigenvalue weighted by molar-refractivity contribution is -0.0505. The fourth-order valence-corrected chi connectivity index (χ4v) is 3.31. The normalized spacial score (nSPS) is 19.5. The predicted octanol–water partition coefficient (Wildman–Crippen LogP) is 3.82. The molecule has 0 saturated heterocycles. The third kappa shape index (κ3) is 3.25. The molecule has 1 atom stereocenters. The molecular formula is C20H20F3N3O. The Labute approximate surface area is 155 Å². The zero-order valence-corrected chi connectivity index (χ0v) is 14.8. The van der Waals surface area contributed by atoms with E-state index in [1.54, 1.807) is 24.1 Å². The van der Waals surface area contributed by atoms with E-state index in [2.05, 4.69) is 16.3 Å². The molecule has 0 saturated carbocycles. The van der Waals surface area contributed by atoms with Crippen LogP contribution in [0.2, 0.25) is 0 Å². The molecule has 0 radical (unpaired) electrons. The van der Waals surface area contributed by atoms with Crippen LogP contribution in [0.3, 0.4) is 0 Å². The van der Waals surface area contributed by atoms with Crippen LogP contribution in [0.5, 0.6) is 5.75 Å². The third-order valence-corrected chi connectivity index (χ3v) is 4.70. The van der Waals surface area contributed by atoms with Gasteiger partial charge < -0.3 is 15.4 Å². The zero-order chi connectivity index (χ0) is 19.6. The number of aryl methyl sites for hydroxylation is 1. The van der Waals surface area contributed by atoms with Crippen molar-refractivity contribution in [2.24, 2.45) is 10.7 Å². The lowest BCUT2D eigenvalue weighted by atomic mass is 9.80. The molecule has 0 aliphatic carbocycles. The van der Waals surface area contributed by atoms with Crippen LogP contribution < -0.4 is 10.5 Å². The predicted molar refractivity (Wildman–Crippen MR) is 98.5 cm³/mol. The Morgan fingerprint density at radius 3 is 2.44 bits per heavy atom. The van der Waals surface area contributed by atoms with Crippen molar-refractivity contribution in [3.05, 3.63) is 77.5 Å². The fourth-order valence-electron chi connectivity index (χ4n) is 3.31. The average molecular weight is 375 g/mol. The van der Waals surface area contributed by atoms with Gasteiger partial charge in [-0.1, -0.05) is 43.0 Å². The molecule has 1 heterocycles. The van der Waals surface area contributed by atoms with Gasteiger partial charge >= 0.3 is 6.61 Å². The van der Waals surface area contributed by atoms with Gasteiger partial charge in [-0.15, -0.1) is 0 Å². The second-order valence-corrected chi connectivity index (χ2v) is 6.19. The number of halogens is 3. The standard InChI is InChI=1S/C20H20F3N3O/c1-13-20(25-19(24)26(13)2,15-6-4-3-5-7-15)16-8-9-17(27-18(22)23)14(12-16)10-11-21/h3-9,12,18H,1,10-11H2,2H3,(H2,24,25)/t20-/m1/s1. The molecule has 0 bridgehead atoms. The first-order valence-electron chi connectivity index (χ1n) is 8.38. The van der Waals surface area contributed by atoms with Gasteiger partial charge in [0.1, 0.15) is 5.75 Å². The molecule has 142 valence electrons. The van der Waals surface area contributed by atoms with E-state index in [-0.39, 0.29) is 18.1 Å². The molecule has 2 aromatic rings. The molecule has 0 amide bonds. The van der Waals surface area contributed by atoms with Crippen LogP contribution in [0.1, 0.15) is 16.7 Å². The minimum Gasteiger partial charge on any atom is -0.435 e. The van der Waals surface area contributed by atoms with Crippen molar-refractivity contribution in [2.75, 3.05) is 13.7 Å². The summed E-state index contributed by atoms with van der Waals surface area (Å²) in [6.07, 6.45) is -0.0533.